The van der Waals surface area contributed by atoms with E-state index in [1.165, 1.54) is 18.7 Å². The maximum atomic E-state index is 12.4. The number of carbonyl (C=O) groups is 3. The van der Waals surface area contributed by atoms with Gasteiger partial charge in [0.15, 0.2) is 24.2 Å². The Balaban J connectivity index is 2.15. The van der Waals surface area contributed by atoms with Gasteiger partial charge in [0.25, 0.3) is 5.91 Å². The first-order valence-electron chi connectivity index (χ1n) is 7.83. The average Bonchev–Trinajstić information content (AvgIpc) is 2.87. The number of aromatic nitrogens is 1. The summed E-state index contributed by atoms with van der Waals surface area (Å²) >= 11 is 1.59. The number of fused-ring (bicyclic) bond motifs is 1. The first-order chi connectivity index (χ1) is 11.8. The van der Waals surface area contributed by atoms with Crippen molar-refractivity contribution in [2.24, 2.45) is 0 Å². The minimum absolute atomic E-state index is 0.196. The highest BCUT2D eigenvalue weighted by molar-refractivity contribution is 7.11. The molecule has 7 heteroatoms. The Morgan fingerprint density at radius 2 is 1.92 bits per heavy atom. The van der Waals surface area contributed by atoms with Gasteiger partial charge in [-0.25, -0.2) is 4.98 Å². The van der Waals surface area contributed by atoms with Gasteiger partial charge in [-0.1, -0.05) is 0 Å². The van der Waals surface area contributed by atoms with Gasteiger partial charge in [0.05, 0.1) is 16.4 Å². The van der Waals surface area contributed by atoms with E-state index in [2.05, 4.69) is 4.98 Å². The molecular weight excluding hydrogens is 340 g/mol. The van der Waals surface area contributed by atoms with Crippen LogP contribution in [0.5, 0.6) is 5.75 Å². The summed E-state index contributed by atoms with van der Waals surface area (Å²) in [6.07, 6.45) is 0. The van der Waals surface area contributed by atoms with Crippen molar-refractivity contribution in [3.8, 4) is 17.0 Å². The average molecular weight is 358 g/mol. The molecule has 0 radical (unpaired) electrons. The Labute approximate surface area is 149 Å². The van der Waals surface area contributed by atoms with E-state index in [0.29, 0.717) is 11.4 Å². The van der Waals surface area contributed by atoms with Crippen molar-refractivity contribution in [3.05, 3.63) is 28.1 Å². The maximum absolute atomic E-state index is 12.4. The van der Waals surface area contributed by atoms with Crippen LogP contribution < -0.4 is 9.64 Å². The molecule has 1 aliphatic heterocycles. The molecule has 6 nitrogen and oxygen atoms in total. The van der Waals surface area contributed by atoms with Gasteiger partial charge >= 0.3 is 0 Å². The second-order valence-electron chi connectivity index (χ2n) is 6.00. The van der Waals surface area contributed by atoms with E-state index in [1.807, 2.05) is 19.9 Å². The SMILES string of the molecule is CC(=O)C(C(C)=O)N1C(=O)COc2ccc(-c3nc(C)sc3C)cc21. The van der Waals surface area contributed by atoms with Crippen LogP contribution in [0.3, 0.4) is 0 Å². The Bertz CT molecular complexity index is 873. The fourth-order valence-electron chi connectivity index (χ4n) is 3.05. The Kier molecular flexibility index (Phi) is 4.43. The lowest BCUT2D eigenvalue weighted by atomic mass is 10.0. The second kappa shape index (κ2) is 6.40. The number of Topliss-reactive ketones (excluding diaryl/α,β-unsaturated/α-hetero) is 2. The van der Waals surface area contributed by atoms with Gasteiger partial charge in [0.1, 0.15) is 5.75 Å². The van der Waals surface area contributed by atoms with Crippen LogP contribution in [0.15, 0.2) is 18.2 Å². The molecule has 2 heterocycles. The highest BCUT2D eigenvalue weighted by atomic mass is 32.1. The number of amides is 1. The maximum Gasteiger partial charge on any atom is 0.266 e. The third-order valence-corrected chi connectivity index (χ3v) is 4.93. The van der Waals surface area contributed by atoms with Crippen molar-refractivity contribution >= 4 is 34.5 Å². The summed E-state index contributed by atoms with van der Waals surface area (Å²) in [4.78, 5) is 43.2. The standard InChI is InChI=1S/C18H18N2O4S/c1-9(21)18(10(2)22)20-14-7-13(17-11(3)25-12(4)19-17)5-6-15(14)24-8-16(20)23/h5-7,18H,8H2,1-4H3. The predicted molar refractivity (Wildman–Crippen MR) is 95.2 cm³/mol. The summed E-state index contributed by atoms with van der Waals surface area (Å²) in [6.45, 7) is 6.34. The highest BCUT2D eigenvalue weighted by Crippen LogP contribution is 2.38. The lowest BCUT2D eigenvalue weighted by molar-refractivity contribution is -0.131. The van der Waals surface area contributed by atoms with Gasteiger partial charge in [0.2, 0.25) is 0 Å². The molecule has 130 valence electrons. The Morgan fingerprint density at radius 3 is 2.48 bits per heavy atom. The number of ether oxygens (including phenoxy) is 1. The molecule has 0 atom stereocenters. The molecule has 25 heavy (non-hydrogen) atoms. The molecule has 0 unspecified atom stereocenters. The number of benzene rings is 1. The third-order valence-electron chi connectivity index (χ3n) is 4.04. The molecular formula is C18H18N2O4S. The molecule has 0 saturated heterocycles. The zero-order valence-electron chi connectivity index (χ0n) is 14.5. The number of rotatable bonds is 4. The quantitative estimate of drug-likeness (QED) is 0.786. The number of hydrogen-bond acceptors (Lipinski definition) is 6. The van der Waals surface area contributed by atoms with Crippen molar-refractivity contribution in [3.63, 3.8) is 0 Å². The number of ketones is 2. The molecule has 3 rings (SSSR count). The fourth-order valence-corrected chi connectivity index (χ4v) is 3.89. The topological polar surface area (TPSA) is 76.6 Å². The molecule has 1 aromatic heterocycles. The summed E-state index contributed by atoms with van der Waals surface area (Å²) in [5.41, 5.74) is 2.06. The zero-order valence-corrected chi connectivity index (χ0v) is 15.3. The van der Waals surface area contributed by atoms with Gasteiger partial charge in [0, 0.05) is 10.4 Å². The summed E-state index contributed by atoms with van der Waals surface area (Å²) in [7, 11) is 0. The van der Waals surface area contributed by atoms with E-state index in [-0.39, 0.29) is 18.2 Å². The van der Waals surface area contributed by atoms with Gasteiger partial charge in [-0.3, -0.25) is 19.3 Å². The van der Waals surface area contributed by atoms with Crippen molar-refractivity contribution in [2.45, 2.75) is 33.7 Å². The van der Waals surface area contributed by atoms with E-state index >= 15 is 0 Å². The van der Waals surface area contributed by atoms with Crippen LogP contribution in [0, 0.1) is 13.8 Å². The normalized spacial score (nSPS) is 13.6. The lowest BCUT2D eigenvalue weighted by Gasteiger charge is -2.33. The molecule has 0 N–H and O–H groups in total. The minimum Gasteiger partial charge on any atom is -0.482 e. The molecule has 1 aliphatic rings. The van der Waals surface area contributed by atoms with Crippen LogP contribution in [0.1, 0.15) is 23.7 Å². The van der Waals surface area contributed by atoms with Gasteiger partial charge in [-0.15, -0.1) is 11.3 Å². The van der Waals surface area contributed by atoms with E-state index in [1.54, 1.807) is 23.5 Å². The molecule has 0 saturated carbocycles. The number of thiazole rings is 1. The highest BCUT2D eigenvalue weighted by Gasteiger charge is 2.37. The van der Waals surface area contributed by atoms with Crippen LogP contribution in [0.2, 0.25) is 0 Å². The molecule has 1 aromatic carbocycles. The number of aryl methyl sites for hydroxylation is 2. The van der Waals surface area contributed by atoms with Gasteiger partial charge in [-0.2, -0.15) is 0 Å². The van der Waals surface area contributed by atoms with Crippen LogP contribution in [-0.2, 0) is 14.4 Å². The van der Waals surface area contributed by atoms with Crippen LogP contribution in [0.25, 0.3) is 11.3 Å². The summed E-state index contributed by atoms with van der Waals surface area (Å²) in [5.74, 6) is -0.689. The fraction of sp³-hybridized carbons (Fsp3) is 0.333. The summed E-state index contributed by atoms with van der Waals surface area (Å²) < 4.78 is 5.47. The monoisotopic (exact) mass is 358 g/mol. The molecule has 2 aromatic rings. The number of carbonyl (C=O) groups excluding carboxylic acids is 3. The summed E-state index contributed by atoms with van der Waals surface area (Å²) in [6, 6.07) is 4.23. The first kappa shape index (κ1) is 17.3. The van der Waals surface area contributed by atoms with Crippen LogP contribution in [-0.4, -0.2) is 35.1 Å². The molecule has 1 amide bonds. The van der Waals surface area contributed by atoms with E-state index < -0.39 is 11.9 Å². The van der Waals surface area contributed by atoms with Crippen molar-refractivity contribution < 1.29 is 19.1 Å². The molecule has 0 bridgehead atoms. The van der Waals surface area contributed by atoms with Crippen molar-refractivity contribution in [1.29, 1.82) is 0 Å². The Hall–Kier alpha value is -2.54. The predicted octanol–water partition coefficient (Wildman–Crippen LogP) is 2.70. The lowest BCUT2D eigenvalue weighted by Crippen LogP contribution is -2.52. The van der Waals surface area contributed by atoms with E-state index in [9.17, 15) is 14.4 Å². The Morgan fingerprint density at radius 1 is 1.24 bits per heavy atom. The van der Waals surface area contributed by atoms with Gasteiger partial charge in [-0.05, 0) is 45.9 Å². The molecule has 0 aliphatic carbocycles. The second-order valence-corrected chi connectivity index (χ2v) is 7.40. The van der Waals surface area contributed by atoms with E-state index in [0.717, 1.165) is 21.1 Å². The number of nitrogens with zero attached hydrogens (tertiary/aromatic N) is 2. The van der Waals surface area contributed by atoms with Crippen molar-refractivity contribution in [2.75, 3.05) is 11.5 Å². The molecule has 0 spiro atoms. The van der Waals surface area contributed by atoms with Gasteiger partial charge < -0.3 is 4.74 Å². The molecule has 0 fully saturated rings. The number of anilines is 1. The van der Waals surface area contributed by atoms with Crippen LogP contribution in [0.4, 0.5) is 5.69 Å². The van der Waals surface area contributed by atoms with E-state index in [4.69, 9.17) is 4.74 Å². The minimum atomic E-state index is -1.14. The van der Waals surface area contributed by atoms with Crippen molar-refractivity contribution in [1.82, 2.24) is 4.98 Å². The third kappa shape index (κ3) is 3.07. The van der Waals surface area contributed by atoms with Crippen LogP contribution >= 0.6 is 11.3 Å². The zero-order chi connectivity index (χ0) is 18.3. The smallest absolute Gasteiger partial charge is 0.266 e. The first-order valence-corrected chi connectivity index (χ1v) is 8.65. The largest absolute Gasteiger partial charge is 0.482 e. The summed E-state index contributed by atoms with van der Waals surface area (Å²) in [5, 5.41) is 0.944. The number of hydrogen-bond donors (Lipinski definition) is 0.